The van der Waals surface area contributed by atoms with E-state index in [1.54, 1.807) is 0 Å². The number of ether oxygens (including phenoxy) is 1. The Balaban J connectivity index is 1.72. The summed E-state index contributed by atoms with van der Waals surface area (Å²) in [5.41, 5.74) is 4.21. The molecule has 3 unspecified atom stereocenters. The number of rotatable bonds is 8. The molecule has 198 valence electrons. The first kappa shape index (κ1) is 26.5. The van der Waals surface area contributed by atoms with E-state index in [1.165, 1.54) is 5.56 Å². The summed E-state index contributed by atoms with van der Waals surface area (Å²) in [5, 5.41) is 4.83. The molecule has 6 nitrogen and oxygen atoms in total. The summed E-state index contributed by atoms with van der Waals surface area (Å²) >= 11 is 12.5. The molecule has 2 aliphatic rings. The molecule has 1 N–H and O–H groups in total. The van der Waals surface area contributed by atoms with Crippen molar-refractivity contribution in [2.75, 3.05) is 26.2 Å². The maximum absolute atomic E-state index is 12.3. The van der Waals surface area contributed by atoms with Gasteiger partial charge in [0.15, 0.2) is 0 Å². The van der Waals surface area contributed by atoms with E-state index in [1.807, 2.05) is 60.4 Å². The Labute approximate surface area is 234 Å². The summed E-state index contributed by atoms with van der Waals surface area (Å²) in [6, 6.07) is 21.7. The number of aliphatic imine (C=N–C) groups is 1. The molecule has 0 bridgehead atoms. The van der Waals surface area contributed by atoms with Gasteiger partial charge in [0.2, 0.25) is 6.41 Å². The molecule has 2 aliphatic heterocycles. The molecule has 1 amide bonds. The number of amides is 1. The zero-order valence-corrected chi connectivity index (χ0v) is 23.1. The van der Waals surface area contributed by atoms with Crippen LogP contribution in [0, 0.1) is 0 Å². The average molecular weight is 552 g/mol. The van der Waals surface area contributed by atoms with E-state index in [9.17, 15) is 4.79 Å². The van der Waals surface area contributed by atoms with Gasteiger partial charge < -0.3 is 19.9 Å². The van der Waals surface area contributed by atoms with E-state index in [2.05, 4.69) is 35.3 Å². The lowest BCUT2D eigenvalue weighted by molar-refractivity contribution is -0.124. The number of piperazine rings is 1. The van der Waals surface area contributed by atoms with Gasteiger partial charge in [-0.05, 0) is 66.4 Å². The number of aryl methyl sites for hydroxylation is 1. The fraction of sp³-hybridized carbons (Fsp3) is 0.333. The third-order valence-corrected chi connectivity index (χ3v) is 7.74. The van der Waals surface area contributed by atoms with Gasteiger partial charge in [0.1, 0.15) is 23.8 Å². The Bertz CT molecular complexity index is 1300. The molecule has 0 radical (unpaired) electrons. The number of carbonyl (C=O) groups excluding carboxylic acids is 1. The Morgan fingerprint density at radius 2 is 1.68 bits per heavy atom. The number of benzene rings is 3. The van der Waals surface area contributed by atoms with Crippen LogP contribution in [0.1, 0.15) is 48.2 Å². The first-order valence-electron chi connectivity index (χ1n) is 13.1. The van der Waals surface area contributed by atoms with Crippen molar-refractivity contribution in [3.63, 3.8) is 0 Å². The van der Waals surface area contributed by atoms with E-state index in [0.29, 0.717) is 29.7 Å². The second-order valence-corrected chi connectivity index (χ2v) is 10.4. The Morgan fingerprint density at radius 3 is 2.32 bits per heavy atom. The van der Waals surface area contributed by atoms with Gasteiger partial charge in [0, 0.05) is 29.7 Å². The van der Waals surface area contributed by atoms with Crippen LogP contribution in [0.25, 0.3) is 0 Å². The van der Waals surface area contributed by atoms with Crippen LogP contribution in [0.5, 0.6) is 5.75 Å². The summed E-state index contributed by atoms with van der Waals surface area (Å²) in [4.78, 5) is 21.8. The monoisotopic (exact) mass is 550 g/mol. The molecule has 0 spiro atoms. The van der Waals surface area contributed by atoms with E-state index < -0.39 is 0 Å². The molecule has 3 aromatic rings. The van der Waals surface area contributed by atoms with Gasteiger partial charge in [-0.1, -0.05) is 60.5 Å². The molecule has 1 saturated heterocycles. The fourth-order valence-electron chi connectivity index (χ4n) is 5.34. The number of halogens is 2. The van der Waals surface area contributed by atoms with Crippen molar-refractivity contribution < 1.29 is 9.53 Å². The Morgan fingerprint density at radius 1 is 1.00 bits per heavy atom. The molecule has 3 atom stereocenters. The van der Waals surface area contributed by atoms with Crippen molar-refractivity contribution >= 4 is 35.4 Å². The molecule has 0 aliphatic carbocycles. The average Bonchev–Trinajstić information content (AvgIpc) is 3.34. The number of hydrogen-bond donors (Lipinski definition) is 1. The van der Waals surface area contributed by atoms with Gasteiger partial charge in [-0.2, -0.15) is 0 Å². The minimum atomic E-state index is -0.238. The minimum Gasteiger partial charge on any atom is -0.493 e. The van der Waals surface area contributed by atoms with Crippen LogP contribution in [0.4, 0.5) is 0 Å². The van der Waals surface area contributed by atoms with Crippen LogP contribution in [-0.4, -0.2) is 54.5 Å². The first-order valence-corrected chi connectivity index (χ1v) is 13.8. The predicted molar refractivity (Wildman–Crippen MR) is 153 cm³/mol. The number of hydrogen-bond acceptors (Lipinski definition) is 5. The van der Waals surface area contributed by atoms with Crippen molar-refractivity contribution in [2.45, 2.75) is 38.5 Å². The molecule has 0 aromatic heterocycles. The maximum atomic E-state index is 12.3. The summed E-state index contributed by atoms with van der Waals surface area (Å²) in [6.07, 6.45) is 1.61. The van der Waals surface area contributed by atoms with Crippen LogP contribution >= 0.6 is 23.2 Å². The lowest BCUT2D eigenvalue weighted by atomic mass is 9.93. The smallest absolute Gasteiger partial charge is 0.211 e. The Kier molecular flexibility index (Phi) is 8.22. The van der Waals surface area contributed by atoms with E-state index in [0.717, 1.165) is 47.7 Å². The zero-order valence-electron chi connectivity index (χ0n) is 21.6. The summed E-state index contributed by atoms with van der Waals surface area (Å²) in [5.74, 6) is 1.60. The van der Waals surface area contributed by atoms with Crippen molar-refractivity contribution in [1.82, 2.24) is 15.1 Å². The van der Waals surface area contributed by atoms with Crippen molar-refractivity contribution in [3.8, 4) is 5.75 Å². The topological polar surface area (TPSA) is 57.2 Å². The van der Waals surface area contributed by atoms with E-state index in [-0.39, 0.29) is 18.2 Å². The van der Waals surface area contributed by atoms with Gasteiger partial charge >= 0.3 is 0 Å². The molecular weight excluding hydrogens is 519 g/mol. The maximum Gasteiger partial charge on any atom is 0.211 e. The number of nitrogens with zero attached hydrogens (tertiary/aromatic N) is 3. The summed E-state index contributed by atoms with van der Waals surface area (Å²) in [7, 11) is 0. The fourth-order valence-corrected chi connectivity index (χ4v) is 5.59. The third kappa shape index (κ3) is 5.26. The van der Waals surface area contributed by atoms with Crippen LogP contribution in [0.2, 0.25) is 10.0 Å². The lowest BCUT2D eigenvalue weighted by Crippen LogP contribution is -2.60. The molecule has 3 aromatic carbocycles. The van der Waals surface area contributed by atoms with Gasteiger partial charge in [0.25, 0.3) is 0 Å². The first-order chi connectivity index (χ1) is 18.5. The van der Waals surface area contributed by atoms with Gasteiger partial charge in [-0.15, -0.1) is 0 Å². The predicted octanol–water partition coefficient (Wildman–Crippen LogP) is 5.89. The molecule has 5 rings (SSSR count). The molecule has 8 heteroatoms. The minimum absolute atomic E-state index is 0.184. The largest absolute Gasteiger partial charge is 0.493 e. The van der Waals surface area contributed by atoms with E-state index >= 15 is 0 Å². The number of nitrogens with one attached hydrogen (secondary N) is 1. The van der Waals surface area contributed by atoms with Crippen molar-refractivity contribution in [3.05, 3.63) is 99.0 Å². The van der Waals surface area contributed by atoms with Crippen LogP contribution in [-0.2, 0) is 11.2 Å². The molecular formula is C30H32Cl2N4O2. The van der Waals surface area contributed by atoms with Gasteiger partial charge in [-0.3, -0.25) is 9.79 Å². The van der Waals surface area contributed by atoms with Crippen molar-refractivity contribution in [2.24, 2.45) is 4.99 Å². The van der Waals surface area contributed by atoms with Crippen LogP contribution in [0.3, 0.4) is 0 Å². The van der Waals surface area contributed by atoms with Gasteiger partial charge in [-0.25, -0.2) is 0 Å². The van der Waals surface area contributed by atoms with E-state index in [4.69, 9.17) is 32.9 Å². The normalized spacial score (nSPS) is 21.4. The van der Waals surface area contributed by atoms with Crippen molar-refractivity contribution in [1.29, 1.82) is 0 Å². The highest BCUT2D eigenvalue weighted by Gasteiger charge is 2.45. The zero-order chi connectivity index (χ0) is 26.6. The molecule has 38 heavy (non-hydrogen) atoms. The van der Waals surface area contributed by atoms with Crippen LogP contribution in [0.15, 0.2) is 71.7 Å². The molecule has 2 heterocycles. The standard InChI is InChI=1S/C30H32Cl2N4O2/c1-3-20-5-14-25(26(17-20)38-4-2)30-34-28(21-6-10-23(31)11-7-21)29(22-8-12-24(32)13-9-22)36(30)27-18-33-15-16-35(27)19-37/h5-14,17,19,27-29,33H,3-4,15-16,18H2,1-2H3. The Hall–Kier alpha value is -3.06. The highest BCUT2D eigenvalue weighted by molar-refractivity contribution is 6.30. The SMILES string of the molecule is CCOc1cc(CC)ccc1C1=NC(c2ccc(Cl)cc2)C(c2ccc(Cl)cc2)N1C1CNCCN1C=O. The second-order valence-electron chi connectivity index (χ2n) is 9.50. The second kappa shape index (κ2) is 11.8. The highest BCUT2D eigenvalue weighted by atomic mass is 35.5. The lowest BCUT2D eigenvalue weighted by Gasteiger charge is -2.44. The molecule has 0 saturated carbocycles. The van der Waals surface area contributed by atoms with Gasteiger partial charge in [0.05, 0.1) is 18.2 Å². The van der Waals surface area contributed by atoms with Crippen LogP contribution < -0.4 is 10.1 Å². The highest BCUT2D eigenvalue weighted by Crippen LogP contribution is 2.46. The summed E-state index contributed by atoms with van der Waals surface area (Å²) < 4.78 is 6.15. The number of amidine groups is 1. The number of carbonyl (C=O) groups is 1. The quantitative estimate of drug-likeness (QED) is 0.355. The summed E-state index contributed by atoms with van der Waals surface area (Å²) in [6.45, 7) is 6.64. The molecule has 1 fully saturated rings. The third-order valence-electron chi connectivity index (χ3n) is 7.24.